The summed E-state index contributed by atoms with van der Waals surface area (Å²) in [5, 5.41) is 22.7. The number of furan rings is 1. The van der Waals surface area contributed by atoms with Crippen molar-refractivity contribution in [2.24, 2.45) is 0 Å². The smallest absolute Gasteiger partial charge is 0.159 e. The van der Waals surface area contributed by atoms with E-state index in [2.05, 4.69) is 245 Å². The first-order chi connectivity index (χ1) is 41.7. The lowest BCUT2D eigenvalue weighted by Gasteiger charge is -2.33. The minimum absolute atomic E-state index is 0.286. The summed E-state index contributed by atoms with van der Waals surface area (Å²) in [7, 11) is 2.16. The molecule has 12 aromatic carbocycles. The number of hydrogen-bond donors (Lipinski definition) is 1. The molecule has 0 spiro atoms. The monoisotopic (exact) mass is 1110 g/mol. The molecule has 0 unspecified atom stereocenters. The molecular weight excluding hydrogens is 1030 g/mol. The van der Waals surface area contributed by atoms with E-state index in [0.717, 1.165) is 72.5 Å². The maximum Gasteiger partial charge on any atom is 0.159 e. The molecule has 2 saturated carbocycles. The minimum Gasteiger partial charge on any atom is -0.505 e. The van der Waals surface area contributed by atoms with Crippen LogP contribution < -0.4 is 9.80 Å². The number of anilines is 5. The van der Waals surface area contributed by atoms with Crippen molar-refractivity contribution in [3.05, 3.63) is 252 Å². The van der Waals surface area contributed by atoms with Gasteiger partial charge in [-0.2, -0.15) is 0 Å². The van der Waals surface area contributed by atoms with E-state index in [1.807, 2.05) is 18.2 Å². The molecule has 0 bridgehead atoms. The van der Waals surface area contributed by atoms with Crippen LogP contribution in [0.2, 0.25) is 0 Å². The fourth-order valence-corrected chi connectivity index (χ4v) is 14.5. The van der Waals surface area contributed by atoms with E-state index in [-0.39, 0.29) is 5.75 Å². The number of para-hydroxylation sites is 3. The van der Waals surface area contributed by atoms with Crippen LogP contribution in [0.1, 0.15) is 109 Å². The first kappa shape index (κ1) is 53.9. The van der Waals surface area contributed by atoms with Gasteiger partial charge in [0.2, 0.25) is 0 Å². The van der Waals surface area contributed by atoms with E-state index in [4.69, 9.17) is 4.42 Å². The molecule has 4 heteroatoms. The fraction of sp³-hybridized carbons (Fsp3) is 0.210. The number of aryl methyl sites for hydroxylation is 4. The average molecular weight is 1110 g/mol. The van der Waals surface area contributed by atoms with Crippen LogP contribution in [0.25, 0.3) is 87.6 Å². The Labute approximate surface area is 501 Å². The second-order valence-corrected chi connectivity index (χ2v) is 24.4. The fourth-order valence-electron chi connectivity index (χ4n) is 14.5. The molecule has 1 heterocycles. The Morgan fingerprint density at radius 1 is 0.365 bits per heavy atom. The lowest BCUT2D eigenvalue weighted by Crippen LogP contribution is -2.15. The van der Waals surface area contributed by atoms with Gasteiger partial charge in [0.1, 0.15) is 11.3 Å². The van der Waals surface area contributed by atoms with Crippen molar-refractivity contribution in [3.8, 4) is 39.1 Å². The number of phenols is 1. The SMILES string of the molecule is Cc1ccc(N(c2cc(C3CCCCC3)c3ccc4c(N(C)c5cccc(-c6cccc(-c7ccccc7C)c6)c5O)cc(C5CCCCC5)c5ccc2c3c54)c2cccc3c2oc2c(-c4ccccc4)cccc23)cc1C.Cc1ccccc1. The predicted octanol–water partition coefficient (Wildman–Crippen LogP) is 23.4. The summed E-state index contributed by atoms with van der Waals surface area (Å²) in [4.78, 5) is 4.81. The van der Waals surface area contributed by atoms with E-state index in [1.54, 1.807) is 0 Å². The summed E-state index contributed by atoms with van der Waals surface area (Å²) in [5.41, 5.74) is 21.3. The maximum absolute atomic E-state index is 12.6. The molecule has 0 saturated heterocycles. The molecule has 0 aliphatic heterocycles. The highest BCUT2D eigenvalue weighted by Crippen LogP contribution is 2.54. The number of fused-ring (bicyclic) bond motifs is 3. The molecule has 2 fully saturated rings. The zero-order valence-electron chi connectivity index (χ0n) is 49.8. The number of hydrogen-bond acceptors (Lipinski definition) is 4. The first-order valence-electron chi connectivity index (χ1n) is 31.1. The predicted molar refractivity (Wildman–Crippen MR) is 362 cm³/mol. The highest BCUT2D eigenvalue weighted by Gasteiger charge is 2.30. The summed E-state index contributed by atoms with van der Waals surface area (Å²) in [6.07, 6.45) is 12.2. The van der Waals surface area contributed by atoms with Crippen molar-refractivity contribution in [1.29, 1.82) is 0 Å². The molecule has 4 nitrogen and oxygen atoms in total. The van der Waals surface area contributed by atoms with Gasteiger partial charge in [-0.25, -0.2) is 0 Å². The van der Waals surface area contributed by atoms with Gasteiger partial charge in [-0.05, 0) is 179 Å². The van der Waals surface area contributed by atoms with Crippen molar-refractivity contribution < 1.29 is 9.52 Å². The molecule has 2 aliphatic carbocycles. The Balaban J connectivity index is 0.000000855. The third-order valence-electron chi connectivity index (χ3n) is 19.1. The third-order valence-corrected chi connectivity index (χ3v) is 19.1. The van der Waals surface area contributed by atoms with Crippen LogP contribution in [-0.2, 0) is 0 Å². The van der Waals surface area contributed by atoms with Crippen LogP contribution >= 0.6 is 0 Å². The third kappa shape index (κ3) is 9.86. The Morgan fingerprint density at radius 2 is 0.882 bits per heavy atom. The lowest BCUT2D eigenvalue weighted by atomic mass is 9.77. The minimum atomic E-state index is 0.286. The van der Waals surface area contributed by atoms with Gasteiger partial charge in [0.05, 0.1) is 17.1 Å². The van der Waals surface area contributed by atoms with Crippen LogP contribution in [0.4, 0.5) is 28.4 Å². The van der Waals surface area contributed by atoms with Crippen LogP contribution in [-0.4, -0.2) is 12.2 Å². The van der Waals surface area contributed by atoms with E-state index in [9.17, 15) is 5.11 Å². The topological polar surface area (TPSA) is 39.9 Å². The Kier molecular flexibility index (Phi) is 14.4. The Morgan fingerprint density at radius 3 is 1.53 bits per heavy atom. The zero-order valence-corrected chi connectivity index (χ0v) is 49.8. The molecule has 0 atom stereocenters. The number of phenolic OH excluding ortho intramolecular Hbond substituents is 1. The van der Waals surface area contributed by atoms with Crippen molar-refractivity contribution in [3.63, 3.8) is 0 Å². The number of nitrogens with zero attached hydrogens (tertiary/aromatic N) is 2. The normalized spacial score (nSPS) is 14.1. The number of aromatic hydroxyl groups is 1. The molecule has 15 rings (SSSR count). The molecule has 0 amide bonds. The van der Waals surface area contributed by atoms with Gasteiger partial charge < -0.3 is 19.3 Å². The maximum atomic E-state index is 12.6. The zero-order chi connectivity index (χ0) is 57.7. The summed E-state index contributed by atoms with van der Waals surface area (Å²) >= 11 is 0. The average Bonchev–Trinajstić information content (AvgIpc) is 1.05. The molecular formula is C81H74N2O2. The summed E-state index contributed by atoms with van der Waals surface area (Å²) < 4.78 is 7.30. The van der Waals surface area contributed by atoms with Gasteiger partial charge in [0.15, 0.2) is 5.58 Å². The van der Waals surface area contributed by atoms with Crippen molar-refractivity contribution in [2.45, 2.75) is 104 Å². The van der Waals surface area contributed by atoms with E-state index in [0.29, 0.717) is 11.8 Å². The van der Waals surface area contributed by atoms with Crippen LogP contribution in [0.15, 0.2) is 223 Å². The van der Waals surface area contributed by atoms with Crippen molar-refractivity contribution >= 4 is 82.7 Å². The highest BCUT2D eigenvalue weighted by atomic mass is 16.3. The Bertz CT molecular complexity index is 4580. The molecule has 13 aromatic rings. The quantitative estimate of drug-likeness (QED) is 0.139. The standard InChI is InChI=1S/C74H66N2O2.C7H8/c1-46-36-37-54(42-48(46)3)76(67-35-19-33-61-60-32-17-31-57(73(60)78-74(61)67)49-21-8-5-9-22-49)69-45-65(51-25-12-7-13-26-51)59-38-40-62-68(44-64(50-23-10-6-11-24-50)58-39-41-63(69)71(59)70(58)62)75(4)66-34-18-30-56(72(66)77)53-28-16-27-52(43-53)55-29-15-14-20-47(55)2;1-7-5-3-2-4-6-7/h5,8-9,14-22,27-45,50-51,77H,6-7,10-13,23-26H2,1-4H3;2-6H,1H3. The molecule has 2 aliphatic rings. The van der Waals surface area contributed by atoms with Gasteiger partial charge in [0, 0.05) is 51.1 Å². The van der Waals surface area contributed by atoms with Crippen LogP contribution in [0.5, 0.6) is 5.75 Å². The van der Waals surface area contributed by atoms with Gasteiger partial charge >= 0.3 is 0 Å². The molecule has 1 aromatic heterocycles. The van der Waals surface area contributed by atoms with Crippen molar-refractivity contribution in [2.75, 3.05) is 16.8 Å². The Hall–Kier alpha value is -9.12. The summed E-state index contributed by atoms with van der Waals surface area (Å²) in [5.74, 6) is 1.16. The van der Waals surface area contributed by atoms with Gasteiger partial charge in [-0.3, -0.25) is 0 Å². The second kappa shape index (κ2) is 22.8. The number of benzene rings is 12. The van der Waals surface area contributed by atoms with E-state index < -0.39 is 0 Å². The van der Waals surface area contributed by atoms with Gasteiger partial charge in [0.25, 0.3) is 0 Å². The van der Waals surface area contributed by atoms with Gasteiger partial charge in [-0.15, -0.1) is 0 Å². The summed E-state index contributed by atoms with van der Waals surface area (Å²) in [6, 6.07) is 79.5. The lowest BCUT2D eigenvalue weighted by molar-refractivity contribution is 0.445. The first-order valence-corrected chi connectivity index (χ1v) is 31.1. The van der Waals surface area contributed by atoms with Gasteiger partial charge in [-0.1, -0.05) is 220 Å². The second-order valence-electron chi connectivity index (χ2n) is 24.4. The molecule has 420 valence electrons. The molecule has 1 N–H and O–H groups in total. The largest absolute Gasteiger partial charge is 0.505 e. The molecule has 0 radical (unpaired) electrons. The van der Waals surface area contributed by atoms with E-state index >= 15 is 0 Å². The number of rotatable bonds is 10. The molecule has 85 heavy (non-hydrogen) atoms. The van der Waals surface area contributed by atoms with Crippen LogP contribution in [0.3, 0.4) is 0 Å². The van der Waals surface area contributed by atoms with Crippen molar-refractivity contribution in [1.82, 2.24) is 0 Å². The van der Waals surface area contributed by atoms with E-state index in [1.165, 1.54) is 141 Å². The highest BCUT2D eigenvalue weighted by molar-refractivity contribution is 6.29. The van der Waals surface area contributed by atoms with Crippen LogP contribution in [0, 0.1) is 27.7 Å². The summed E-state index contributed by atoms with van der Waals surface area (Å²) in [6.45, 7) is 8.70.